The van der Waals surface area contributed by atoms with Crippen molar-refractivity contribution < 1.29 is 79.3 Å². The van der Waals surface area contributed by atoms with E-state index in [1.807, 2.05) is 61.5 Å². The Morgan fingerprint density at radius 1 is 0.824 bits per heavy atom. The second-order valence-electron chi connectivity index (χ2n) is 22.6. The smallest absolute Gasteiger partial charge is 0.326 e. The van der Waals surface area contributed by atoms with Crippen molar-refractivity contribution in [3.63, 3.8) is 0 Å². The molecule has 0 fully saturated rings. The van der Waals surface area contributed by atoms with E-state index in [4.69, 9.17) is 15.2 Å². The summed E-state index contributed by atoms with van der Waals surface area (Å²) in [7, 11) is -9.13. The highest BCUT2D eigenvalue weighted by molar-refractivity contribution is 8.03. The Labute approximate surface area is 528 Å². The van der Waals surface area contributed by atoms with E-state index < -0.39 is 72.4 Å². The number of carboxylic acid groups (broad SMARTS) is 3. The van der Waals surface area contributed by atoms with E-state index >= 15 is 0 Å². The minimum absolute atomic E-state index is 0.0380. The molecule has 2 amide bonds. The predicted molar refractivity (Wildman–Crippen MR) is 338 cm³/mol. The lowest BCUT2D eigenvalue weighted by molar-refractivity contribution is -0.436. The van der Waals surface area contributed by atoms with E-state index in [-0.39, 0.29) is 111 Å². The molecule has 0 radical (unpaired) electrons. The number of nitrogens with zero attached hydrogens (tertiary/aromatic N) is 5. The maximum Gasteiger partial charge on any atom is 0.326 e. The molecule has 0 saturated heterocycles. The van der Waals surface area contributed by atoms with Crippen molar-refractivity contribution in [2.75, 3.05) is 67.8 Å². The van der Waals surface area contributed by atoms with Crippen LogP contribution in [0.15, 0.2) is 127 Å². The first-order valence-corrected chi connectivity index (χ1v) is 32.8. The van der Waals surface area contributed by atoms with Crippen LogP contribution in [0.3, 0.4) is 0 Å². The molecule has 11 N–H and O–H groups in total. The van der Waals surface area contributed by atoms with Gasteiger partial charge < -0.3 is 51.4 Å². The Kier molecular flexibility index (Phi) is 21.8. The molecular weight excluding hydrogens is 1240 g/mol. The van der Waals surface area contributed by atoms with Gasteiger partial charge in [0.1, 0.15) is 12.5 Å². The van der Waals surface area contributed by atoms with Gasteiger partial charge in [0.25, 0.3) is 31.7 Å². The van der Waals surface area contributed by atoms with Crippen LogP contribution >= 0.6 is 11.8 Å². The van der Waals surface area contributed by atoms with Gasteiger partial charge in [-0.1, -0.05) is 26.0 Å². The number of aliphatic carboxylic acids is 3. The number of aromatic amines is 1. The lowest BCUT2D eigenvalue weighted by Gasteiger charge is -2.27. The molecule has 1 atom stereocenters. The highest BCUT2D eigenvalue weighted by Crippen LogP contribution is 2.49. The summed E-state index contributed by atoms with van der Waals surface area (Å²) in [5.41, 5.74) is 10.4. The number of ether oxygens (including phenoxy) is 2. The molecule has 8 rings (SSSR count). The quantitative estimate of drug-likeness (QED) is 0.0146. The maximum absolute atomic E-state index is 13.0. The zero-order valence-corrected chi connectivity index (χ0v) is 52.7. The Morgan fingerprint density at radius 3 is 2.19 bits per heavy atom. The predicted octanol–water partition coefficient (Wildman–Crippen LogP) is 5.87. The molecule has 91 heavy (non-hydrogen) atoms. The first-order valence-electron chi connectivity index (χ1n) is 28.9. The highest BCUT2D eigenvalue weighted by atomic mass is 32.2. The molecule has 2 aromatic heterocycles. The van der Waals surface area contributed by atoms with Gasteiger partial charge in [0.15, 0.2) is 23.4 Å². The average Bonchev–Trinajstić information content (AvgIpc) is 1.60. The van der Waals surface area contributed by atoms with Gasteiger partial charge >= 0.3 is 17.9 Å². The normalized spacial score (nSPS) is 16.6. The topological polar surface area (TPSA) is 413 Å². The van der Waals surface area contributed by atoms with Gasteiger partial charge in [-0.25, -0.2) is 14.8 Å². The highest BCUT2D eigenvalue weighted by Gasteiger charge is 2.45. The molecule has 2 aliphatic heterocycles. The van der Waals surface area contributed by atoms with Crippen molar-refractivity contribution >= 4 is 102 Å². The minimum atomic E-state index is -4.57. The second-order valence-corrected chi connectivity index (χ2v) is 26.5. The van der Waals surface area contributed by atoms with Crippen LogP contribution in [0.5, 0.6) is 0 Å². The fraction of sp³-hybridized carbons (Fsp3) is 0.377. The Balaban J connectivity index is 0.874. The number of fused-ring (bicyclic) bond motifs is 3. The summed E-state index contributed by atoms with van der Waals surface area (Å²) in [5, 5.41) is 37.6. The fourth-order valence-corrected chi connectivity index (χ4v) is 13.1. The number of nitrogens with one attached hydrogen (secondary N) is 4. The van der Waals surface area contributed by atoms with Gasteiger partial charge in [0.05, 0.1) is 66.5 Å². The first kappa shape index (κ1) is 68.3. The number of carboxylic acids is 3. The summed E-state index contributed by atoms with van der Waals surface area (Å²) >= 11 is 1.54. The number of nitrogen functional groups attached to an aromatic ring is 1. The maximum atomic E-state index is 13.0. The van der Waals surface area contributed by atoms with E-state index in [2.05, 4.69) is 35.9 Å². The molecule has 3 aliphatic rings. The lowest BCUT2D eigenvalue weighted by atomic mass is 9.81. The van der Waals surface area contributed by atoms with E-state index in [0.29, 0.717) is 63.9 Å². The summed E-state index contributed by atoms with van der Waals surface area (Å²) in [5.74, 6) is -4.12. The number of nitrogens with two attached hydrogens (primary N) is 1. The van der Waals surface area contributed by atoms with E-state index in [1.165, 1.54) is 54.4 Å². The Bertz CT molecular complexity index is 4120. The molecule has 1 aliphatic carbocycles. The van der Waals surface area contributed by atoms with Gasteiger partial charge in [-0.05, 0) is 117 Å². The number of aromatic nitrogens is 4. The lowest BCUT2D eigenvalue weighted by Crippen LogP contribution is -2.41. The number of anilines is 3. The van der Waals surface area contributed by atoms with Crippen molar-refractivity contribution in [3.05, 3.63) is 146 Å². The van der Waals surface area contributed by atoms with E-state index in [9.17, 15) is 70.0 Å². The van der Waals surface area contributed by atoms with Crippen LogP contribution in [-0.2, 0) is 66.3 Å². The number of carbonyl (C=O) groups excluding carboxylic acids is 2. The second kappa shape index (κ2) is 29.1. The molecule has 30 heteroatoms. The van der Waals surface area contributed by atoms with Crippen molar-refractivity contribution in [1.29, 1.82) is 0 Å². The van der Waals surface area contributed by atoms with Gasteiger partial charge in [-0.15, -0.1) is 11.8 Å². The van der Waals surface area contributed by atoms with Gasteiger partial charge in [0, 0.05) is 75.9 Å². The van der Waals surface area contributed by atoms with Crippen LogP contribution in [0, 0.1) is 0 Å². The average molecular weight is 1310 g/mol. The van der Waals surface area contributed by atoms with Crippen LogP contribution in [0.4, 0.5) is 23.0 Å². The van der Waals surface area contributed by atoms with Gasteiger partial charge in [-0.3, -0.25) is 38.1 Å². The van der Waals surface area contributed by atoms with Crippen molar-refractivity contribution in [2.45, 2.75) is 106 Å². The Hall–Kier alpha value is -8.65. The number of thioether (sulfide) groups is 1. The third kappa shape index (κ3) is 17.0. The number of allylic oxidation sites excluding steroid dienone is 7. The molecule has 0 spiro atoms. The molecule has 484 valence electrons. The minimum Gasteiger partial charge on any atom is -0.481 e. The molecular formula is C61H71N10O17S3+. The number of rotatable bonds is 30. The zero-order valence-electron chi connectivity index (χ0n) is 50.2. The first-order chi connectivity index (χ1) is 43.0. The summed E-state index contributed by atoms with van der Waals surface area (Å²) in [4.78, 5) is 90.6. The molecule has 5 aromatic rings. The SMILES string of the molecule is CC1(C)C(/C=C/C2=C(SCCOCCOCCNC(=O)CCC(NC(=O)c3ccc(NCc4cnc5c(=O)[nH]c(N)nc5n4)cc3)C(=O)O)C(=C/C=C3/N(CCC(=O)O)c4ccc(S(=O)(=O)O)cc4C3(C)C)/CCC2)=[N+](CCC(=O)O)c2ccc(S(=O)(=O)O)cc21. The number of amides is 2. The van der Waals surface area contributed by atoms with Crippen LogP contribution < -0.4 is 32.1 Å². The van der Waals surface area contributed by atoms with Crippen LogP contribution in [0.1, 0.15) is 99.8 Å². The van der Waals surface area contributed by atoms with E-state index in [1.54, 1.807) is 24.3 Å². The number of benzene rings is 3. The van der Waals surface area contributed by atoms with E-state index in [0.717, 1.165) is 22.5 Å². The summed E-state index contributed by atoms with van der Waals surface area (Å²) in [6.45, 7) is 8.80. The van der Waals surface area contributed by atoms with Crippen LogP contribution in [0.25, 0.3) is 11.2 Å². The molecule has 4 heterocycles. The molecule has 1 unspecified atom stereocenters. The third-order valence-corrected chi connectivity index (χ3v) is 18.5. The van der Waals surface area contributed by atoms with Gasteiger partial charge in [0.2, 0.25) is 17.5 Å². The largest absolute Gasteiger partial charge is 0.481 e. The summed E-state index contributed by atoms with van der Waals surface area (Å²) in [6.07, 6.45) is 10.3. The Morgan fingerprint density at radius 2 is 1.51 bits per heavy atom. The summed E-state index contributed by atoms with van der Waals surface area (Å²) < 4.78 is 82.5. The fourth-order valence-electron chi connectivity index (χ4n) is 10.9. The van der Waals surface area contributed by atoms with Crippen molar-refractivity contribution in [1.82, 2.24) is 30.6 Å². The van der Waals surface area contributed by atoms with Crippen molar-refractivity contribution in [2.24, 2.45) is 0 Å². The third-order valence-electron chi connectivity index (χ3n) is 15.6. The van der Waals surface area contributed by atoms with Gasteiger partial charge in [-0.2, -0.15) is 26.4 Å². The molecule has 0 bridgehead atoms. The number of carbonyl (C=O) groups is 5. The molecule has 0 saturated carbocycles. The number of H-pyrrole nitrogens is 1. The van der Waals surface area contributed by atoms with Crippen molar-refractivity contribution in [3.8, 4) is 0 Å². The van der Waals surface area contributed by atoms with Crippen LogP contribution in [-0.4, -0.2) is 159 Å². The van der Waals surface area contributed by atoms with Crippen LogP contribution in [0.2, 0.25) is 0 Å². The zero-order chi connectivity index (χ0) is 66.0. The monoisotopic (exact) mass is 1310 g/mol. The molecule has 27 nitrogen and oxygen atoms in total. The number of hydrogen-bond donors (Lipinski definition) is 10. The molecule has 3 aromatic carbocycles. The standard InChI is InChI=1S/C61H70N10O17S3/c1-60(2)43-32-41(90(81,82)83)14-17-46(43)70(25-22-51(73)74)48(60)19-10-36-6-5-7-37(11-20-49-61(3,4)44-33-42(91(84,85)86)15-18-47(44)71(49)26-23-52(75)76)54(36)89-31-30-88-29-28-87-27-24-63-50(72)21-16-45(58(79)80)67-56(77)38-8-12-39(13-9-38)64-34-40-35-65-53-55(66-40)68-59(62)69-57(53)78/h8-15,17-20,32-33,35,45H,5-7,16,21-31,34H2,1-4H3,(H10-,62,63,64,66,67,68,69,72,73,74,75,76,77,78,79,80,81,82,83,84,85,86)/p+1. The number of hydrogen-bond acceptors (Lipinski definition) is 19. The summed E-state index contributed by atoms with van der Waals surface area (Å²) in [6, 6.07) is 13.3.